The van der Waals surface area contributed by atoms with Crippen LogP contribution in [0.4, 0.5) is 5.82 Å². The van der Waals surface area contributed by atoms with Gasteiger partial charge in [0.05, 0.1) is 16.7 Å². The van der Waals surface area contributed by atoms with Crippen LogP contribution in [0.25, 0.3) is 16.5 Å². The number of anilines is 1. The number of aromatic nitrogens is 2. The van der Waals surface area contributed by atoms with E-state index in [2.05, 4.69) is 41.3 Å². The Morgan fingerprint density at radius 1 is 1.03 bits per heavy atom. The Morgan fingerprint density at radius 3 is 2.40 bits per heavy atom. The zero-order valence-electron chi connectivity index (χ0n) is 19.8. The molecule has 8 heteroatoms. The summed E-state index contributed by atoms with van der Waals surface area (Å²) in [4.78, 5) is 2.05. The smallest absolute Gasteiger partial charge is 0.136 e. The molecule has 4 nitrogen and oxygen atoms in total. The first-order valence-electron chi connectivity index (χ1n) is 11.5. The molecule has 0 radical (unpaired) electrons. The van der Waals surface area contributed by atoms with Crippen molar-refractivity contribution in [1.82, 2.24) is 9.78 Å². The Hall–Kier alpha value is -2.05. The normalized spacial score (nSPS) is 13.4. The Morgan fingerprint density at radius 2 is 1.74 bits per heavy atom. The molecule has 1 aliphatic carbocycles. The maximum absolute atomic E-state index is 6.62. The first-order chi connectivity index (χ1) is 16.9. The van der Waals surface area contributed by atoms with Crippen molar-refractivity contribution in [2.24, 2.45) is 5.92 Å². The summed E-state index contributed by atoms with van der Waals surface area (Å²) in [5, 5.41) is 9.62. The topological polar surface area (TPSA) is 30.3 Å². The number of rotatable bonds is 8. The van der Waals surface area contributed by atoms with Gasteiger partial charge in [-0.25, -0.2) is 4.68 Å². The molecule has 0 N–H and O–H groups in total. The first-order valence-corrected chi connectivity index (χ1v) is 13.8. The summed E-state index contributed by atoms with van der Waals surface area (Å²) in [5.41, 5.74) is 2.87. The molecule has 0 atom stereocenters. The molecule has 3 aromatic carbocycles. The molecule has 0 saturated heterocycles. The lowest BCUT2D eigenvalue weighted by Crippen LogP contribution is -2.16. The summed E-state index contributed by atoms with van der Waals surface area (Å²) < 4.78 is 8.18. The maximum Gasteiger partial charge on any atom is 0.136 e. The minimum Gasteiger partial charge on any atom is -0.493 e. The zero-order chi connectivity index (χ0) is 24.7. The number of fused-ring (bicyclic) bond motifs is 1. The standard InChI is InChI=1S/C27H26Cl3N3OS/c1-32(2)27-21(26(35-3)31-33(27)25-22(29)12-18(28)13-23(25)30)14-20-19-7-5-4-6-17(19)10-11-24(20)34-15-16-8-9-16/h4-7,10-13,16H,8-9,14-15H2,1-3H3. The lowest BCUT2D eigenvalue weighted by atomic mass is 9.98. The van der Waals surface area contributed by atoms with E-state index in [1.165, 1.54) is 23.6 Å². The van der Waals surface area contributed by atoms with E-state index in [4.69, 9.17) is 44.6 Å². The molecule has 0 unspecified atom stereocenters. The highest BCUT2D eigenvalue weighted by molar-refractivity contribution is 7.98. The minimum atomic E-state index is 0.450. The molecule has 1 aliphatic rings. The summed E-state index contributed by atoms with van der Waals surface area (Å²) in [6, 6.07) is 16.1. The molecule has 1 saturated carbocycles. The van der Waals surface area contributed by atoms with Crippen LogP contribution in [-0.4, -0.2) is 36.7 Å². The fraction of sp³-hybridized carbons (Fsp3) is 0.296. The van der Waals surface area contributed by atoms with Crippen LogP contribution < -0.4 is 9.64 Å². The molecule has 0 aliphatic heterocycles. The van der Waals surface area contributed by atoms with Crippen LogP contribution in [0.5, 0.6) is 5.75 Å². The van der Waals surface area contributed by atoms with Crippen molar-refractivity contribution in [2.75, 3.05) is 31.9 Å². The third-order valence-corrected chi connectivity index (χ3v) is 7.76. The van der Waals surface area contributed by atoms with Crippen molar-refractivity contribution in [3.63, 3.8) is 0 Å². The zero-order valence-corrected chi connectivity index (χ0v) is 22.9. The highest BCUT2D eigenvalue weighted by atomic mass is 35.5. The van der Waals surface area contributed by atoms with Crippen molar-refractivity contribution in [2.45, 2.75) is 24.3 Å². The van der Waals surface area contributed by atoms with Crippen LogP contribution in [0.3, 0.4) is 0 Å². The fourth-order valence-corrected chi connectivity index (χ4v) is 5.95. The van der Waals surface area contributed by atoms with Gasteiger partial charge in [0.2, 0.25) is 0 Å². The Balaban J connectivity index is 1.68. The SMILES string of the molecule is CSc1nn(-c2c(Cl)cc(Cl)cc2Cl)c(N(C)C)c1Cc1c(OCC2CC2)ccc2ccccc12. The largest absolute Gasteiger partial charge is 0.493 e. The summed E-state index contributed by atoms with van der Waals surface area (Å²) in [5.74, 6) is 2.52. The van der Waals surface area contributed by atoms with Crippen molar-refractivity contribution in [1.29, 1.82) is 0 Å². The average molecular weight is 547 g/mol. The second-order valence-corrected chi connectivity index (χ2v) is 11.1. The Labute approximate surface area is 225 Å². The molecule has 0 spiro atoms. The van der Waals surface area contributed by atoms with Gasteiger partial charge in [0, 0.05) is 36.7 Å². The molecule has 1 aromatic heterocycles. The number of halogens is 3. The molecule has 1 fully saturated rings. The summed E-state index contributed by atoms with van der Waals surface area (Å²) in [6.45, 7) is 0.760. The summed E-state index contributed by atoms with van der Waals surface area (Å²) in [6.07, 6.45) is 5.20. The molecule has 5 rings (SSSR count). The summed E-state index contributed by atoms with van der Waals surface area (Å²) in [7, 11) is 4.01. The molecule has 35 heavy (non-hydrogen) atoms. The highest BCUT2D eigenvalue weighted by Gasteiger charge is 2.26. The van der Waals surface area contributed by atoms with Crippen molar-refractivity contribution < 1.29 is 4.74 Å². The van der Waals surface area contributed by atoms with Gasteiger partial charge in [-0.3, -0.25) is 0 Å². The van der Waals surface area contributed by atoms with Gasteiger partial charge in [0.25, 0.3) is 0 Å². The van der Waals surface area contributed by atoms with E-state index in [1.54, 1.807) is 23.9 Å². The molecule has 4 aromatic rings. The Kier molecular flexibility index (Phi) is 7.13. The molecule has 0 bridgehead atoms. The second kappa shape index (κ2) is 10.1. The van der Waals surface area contributed by atoms with Crippen LogP contribution in [0, 0.1) is 5.92 Å². The van der Waals surface area contributed by atoms with Gasteiger partial charge in [0.1, 0.15) is 22.3 Å². The van der Waals surface area contributed by atoms with Gasteiger partial charge in [-0.05, 0) is 54.0 Å². The van der Waals surface area contributed by atoms with E-state index in [1.807, 2.05) is 25.0 Å². The molecule has 182 valence electrons. The highest BCUT2D eigenvalue weighted by Crippen LogP contribution is 2.41. The van der Waals surface area contributed by atoms with Crippen LogP contribution in [0.1, 0.15) is 24.0 Å². The van der Waals surface area contributed by atoms with E-state index < -0.39 is 0 Å². The van der Waals surface area contributed by atoms with Crippen molar-refractivity contribution in [3.05, 3.63) is 74.7 Å². The van der Waals surface area contributed by atoms with Crippen molar-refractivity contribution in [3.8, 4) is 11.4 Å². The predicted octanol–water partition coefficient (Wildman–Crippen LogP) is 8.15. The van der Waals surface area contributed by atoms with E-state index in [9.17, 15) is 0 Å². The van der Waals surface area contributed by atoms with Gasteiger partial charge in [0.15, 0.2) is 0 Å². The summed E-state index contributed by atoms with van der Waals surface area (Å²) >= 11 is 21.0. The number of ether oxygens (including phenoxy) is 1. The first kappa shape index (κ1) is 24.6. The van der Waals surface area contributed by atoms with E-state index in [0.29, 0.717) is 33.1 Å². The monoisotopic (exact) mass is 545 g/mol. The van der Waals surface area contributed by atoms with Crippen LogP contribution in [0.15, 0.2) is 53.6 Å². The predicted molar refractivity (Wildman–Crippen MR) is 150 cm³/mol. The van der Waals surface area contributed by atoms with Crippen LogP contribution in [-0.2, 0) is 6.42 Å². The maximum atomic E-state index is 6.62. The third kappa shape index (κ3) is 4.97. The number of benzene rings is 3. The number of hydrogen-bond donors (Lipinski definition) is 0. The number of thioether (sulfide) groups is 1. The average Bonchev–Trinajstić information content (AvgIpc) is 3.58. The number of hydrogen-bond acceptors (Lipinski definition) is 4. The molecular formula is C27H26Cl3N3OS. The third-order valence-electron chi connectivity index (χ3n) is 6.25. The second-order valence-electron chi connectivity index (χ2n) is 9.03. The van der Waals surface area contributed by atoms with Gasteiger partial charge in [-0.2, -0.15) is 5.10 Å². The van der Waals surface area contributed by atoms with Crippen LogP contribution in [0.2, 0.25) is 15.1 Å². The molecule has 0 amide bonds. The van der Waals surface area contributed by atoms with Gasteiger partial charge in [-0.1, -0.05) is 65.1 Å². The molecule has 1 heterocycles. The van der Waals surface area contributed by atoms with E-state index in [-0.39, 0.29) is 0 Å². The number of nitrogens with zero attached hydrogens (tertiary/aromatic N) is 3. The molecular weight excluding hydrogens is 521 g/mol. The van der Waals surface area contributed by atoms with Gasteiger partial charge in [-0.15, -0.1) is 11.8 Å². The fourth-order valence-electron chi connectivity index (χ4n) is 4.40. The minimum absolute atomic E-state index is 0.450. The van der Waals surface area contributed by atoms with Gasteiger partial charge >= 0.3 is 0 Å². The Bertz CT molecular complexity index is 1380. The lowest BCUT2D eigenvalue weighted by Gasteiger charge is -2.20. The van der Waals surface area contributed by atoms with Gasteiger partial charge < -0.3 is 9.64 Å². The van der Waals surface area contributed by atoms with Crippen molar-refractivity contribution >= 4 is 63.2 Å². The van der Waals surface area contributed by atoms with E-state index in [0.717, 1.165) is 34.3 Å². The lowest BCUT2D eigenvalue weighted by molar-refractivity contribution is 0.297. The van der Waals surface area contributed by atoms with Crippen LogP contribution >= 0.6 is 46.6 Å². The van der Waals surface area contributed by atoms with E-state index >= 15 is 0 Å². The quantitative estimate of drug-likeness (QED) is 0.209.